The molecule has 21 heavy (non-hydrogen) atoms. The smallest absolute Gasteiger partial charge is 0.131 e. The second kappa shape index (κ2) is 6.38. The number of rotatable bonds is 4. The van der Waals surface area contributed by atoms with E-state index in [1.807, 2.05) is 0 Å². The van der Waals surface area contributed by atoms with Crippen LogP contribution in [0.1, 0.15) is 30.9 Å². The molecule has 3 rings (SSSR count). The van der Waals surface area contributed by atoms with Crippen LogP contribution in [-0.4, -0.2) is 53.7 Å². The second-order valence-corrected chi connectivity index (χ2v) is 6.10. The number of aliphatic hydroxyl groups is 1. The summed E-state index contributed by atoms with van der Waals surface area (Å²) in [5.41, 5.74) is -0.206. The van der Waals surface area contributed by atoms with Crippen LogP contribution in [0.2, 0.25) is 0 Å². The molecule has 1 aromatic rings. The van der Waals surface area contributed by atoms with Crippen molar-refractivity contribution >= 4 is 0 Å². The Kier molecular flexibility index (Phi) is 4.52. The molecule has 0 radical (unpaired) electrons. The zero-order chi connectivity index (χ0) is 14.8. The van der Waals surface area contributed by atoms with E-state index in [4.69, 9.17) is 0 Å². The minimum Gasteiger partial charge on any atom is -0.387 e. The maximum absolute atomic E-state index is 13.7. The fraction of sp³-hybridized carbons (Fsp3) is 0.625. The van der Waals surface area contributed by atoms with E-state index in [-0.39, 0.29) is 5.56 Å². The lowest BCUT2D eigenvalue weighted by Crippen LogP contribution is -2.36. The highest BCUT2D eigenvalue weighted by Gasteiger charge is 2.31. The van der Waals surface area contributed by atoms with Crippen molar-refractivity contribution in [3.63, 3.8) is 0 Å². The van der Waals surface area contributed by atoms with Gasteiger partial charge in [0.1, 0.15) is 11.6 Å². The molecular formula is C16H22F2N2O. The molecule has 0 aromatic heterocycles. The molecule has 0 saturated carbocycles. The monoisotopic (exact) mass is 296 g/mol. The maximum Gasteiger partial charge on any atom is 0.131 e. The molecule has 0 bridgehead atoms. The lowest BCUT2D eigenvalue weighted by atomic mass is 10.1. The number of likely N-dealkylation sites (tertiary alicyclic amines) is 2. The Morgan fingerprint density at radius 1 is 1.14 bits per heavy atom. The Morgan fingerprint density at radius 2 is 1.81 bits per heavy atom. The Morgan fingerprint density at radius 3 is 2.48 bits per heavy atom. The van der Waals surface area contributed by atoms with Gasteiger partial charge in [-0.15, -0.1) is 0 Å². The van der Waals surface area contributed by atoms with Crippen LogP contribution in [0, 0.1) is 11.6 Å². The molecule has 3 nitrogen and oxygen atoms in total. The van der Waals surface area contributed by atoms with Crippen LogP contribution in [0.3, 0.4) is 0 Å². The molecule has 116 valence electrons. The first-order chi connectivity index (χ1) is 10.1. The number of hydrogen-bond acceptors (Lipinski definition) is 3. The van der Waals surface area contributed by atoms with Crippen LogP contribution >= 0.6 is 0 Å². The molecule has 0 spiro atoms. The Hall–Kier alpha value is -1.04. The molecule has 0 aliphatic carbocycles. The van der Waals surface area contributed by atoms with Crippen molar-refractivity contribution in [1.82, 2.24) is 9.80 Å². The van der Waals surface area contributed by atoms with Crippen LogP contribution in [0.25, 0.3) is 0 Å². The van der Waals surface area contributed by atoms with Gasteiger partial charge >= 0.3 is 0 Å². The van der Waals surface area contributed by atoms with E-state index in [0.29, 0.717) is 12.6 Å². The van der Waals surface area contributed by atoms with Gasteiger partial charge in [0.25, 0.3) is 0 Å². The normalized spacial score (nSPS) is 25.6. The Balaban J connectivity index is 1.59. The predicted molar refractivity (Wildman–Crippen MR) is 77.0 cm³/mol. The summed E-state index contributed by atoms with van der Waals surface area (Å²) < 4.78 is 27.3. The van der Waals surface area contributed by atoms with Crippen LogP contribution in [0.5, 0.6) is 0 Å². The first-order valence-electron chi connectivity index (χ1n) is 7.73. The van der Waals surface area contributed by atoms with Crippen LogP contribution < -0.4 is 0 Å². The number of benzene rings is 1. The van der Waals surface area contributed by atoms with E-state index in [1.165, 1.54) is 31.0 Å². The van der Waals surface area contributed by atoms with Gasteiger partial charge in [-0.1, -0.05) is 6.07 Å². The van der Waals surface area contributed by atoms with Gasteiger partial charge in [0.2, 0.25) is 0 Å². The highest BCUT2D eigenvalue weighted by molar-refractivity contribution is 5.22. The quantitative estimate of drug-likeness (QED) is 0.922. The maximum atomic E-state index is 13.7. The van der Waals surface area contributed by atoms with Crippen molar-refractivity contribution in [1.29, 1.82) is 0 Å². The zero-order valence-electron chi connectivity index (χ0n) is 12.1. The van der Waals surface area contributed by atoms with Gasteiger partial charge < -0.3 is 5.11 Å². The average Bonchev–Trinajstić information content (AvgIpc) is 3.08. The summed E-state index contributed by atoms with van der Waals surface area (Å²) in [6.45, 7) is 4.37. The fourth-order valence-corrected chi connectivity index (χ4v) is 3.55. The summed E-state index contributed by atoms with van der Waals surface area (Å²) in [7, 11) is 0. The molecule has 0 amide bonds. The lowest BCUT2D eigenvalue weighted by molar-refractivity contribution is 0.114. The van der Waals surface area contributed by atoms with E-state index < -0.39 is 17.7 Å². The first kappa shape index (κ1) is 14.9. The minimum absolute atomic E-state index is 0.206. The summed E-state index contributed by atoms with van der Waals surface area (Å²) in [5.74, 6) is -1.34. The molecule has 2 aliphatic rings. The molecule has 1 N–H and O–H groups in total. The van der Waals surface area contributed by atoms with Gasteiger partial charge in [-0.25, -0.2) is 8.78 Å². The van der Waals surface area contributed by atoms with E-state index >= 15 is 0 Å². The van der Waals surface area contributed by atoms with Gasteiger partial charge in [0.05, 0.1) is 11.7 Å². The molecule has 2 fully saturated rings. The molecule has 2 aliphatic heterocycles. The third-order valence-electron chi connectivity index (χ3n) is 4.67. The van der Waals surface area contributed by atoms with E-state index in [2.05, 4.69) is 9.80 Å². The van der Waals surface area contributed by atoms with Crippen molar-refractivity contribution in [2.45, 2.75) is 31.4 Å². The molecule has 2 heterocycles. The summed E-state index contributed by atoms with van der Waals surface area (Å²) in [6.07, 6.45) is 2.49. The molecule has 2 saturated heterocycles. The predicted octanol–water partition coefficient (Wildman–Crippen LogP) is 2.17. The van der Waals surface area contributed by atoms with Crippen LogP contribution in [-0.2, 0) is 0 Å². The molecule has 5 heteroatoms. The van der Waals surface area contributed by atoms with Crippen molar-refractivity contribution < 1.29 is 13.9 Å². The van der Waals surface area contributed by atoms with Gasteiger partial charge in [0.15, 0.2) is 0 Å². The largest absolute Gasteiger partial charge is 0.387 e. The SMILES string of the molecule is OC(CN1CCC(N2CCCC2)C1)c1c(F)cccc1F. The summed E-state index contributed by atoms with van der Waals surface area (Å²) in [5, 5.41) is 10.2. The first-order valence-corrected chi connectivity index (χ1v) is 7.73. The van der Waals surface area contributed by atoms with Crippen molar-refractivity contribution in [3.05, 3.63) is 35.4 Å². The summed E-state index contributed by atoms with van der Waals surface area (Å²) >= 11 is 0. The van der Waals surface area contributed by atoms with Gasteiger partial charge in [0, 0.05) is 19.1 Å². The second-order valence-electron chi connectivity index (χ2n) is 6.10. The zero-order valence-corrected chi connectivity index (χ0v) is 12.1. The number of β-amino-alcohol motifs (C(OH)–C–C–N with tert-alkyl or cyclic N) is 1. The Labute approximate surface area is 124 Å². The third-order valence-corrected chi connectivity index (χ3v) is 4.67. The minimum atomic E-state index is -1.11. The van der Waals surface area contributed by atoms with Gasteiger partial charge in [-0.2, -0.15) is 0 Å². The topological polar surface area (TPSA) is 26.7 Å². The molecule has 2 atom stereocenters. The van der Waals surface area contributed by atoms with Gasteiger partial charge in [-0.3, -0.25) is 9.80 Å². The summed E-state index contributed by atoms with van der Waals surface area (Å²) in [6, 6.07) is 4.24. The molecule has 2 unspecified atom stereocenters. The molecular weight excluding hydrogens is 274 g/mol. The van der Waals surface area contributed by atoms with E-state index in [1.54, 1.807) is 0 Å². The fourth-order valence-electron chi connectivity index (χ4n) is 3.55. The van der Waals surface area contributed by atoms with Crippen LogP contribution in [0.15, 0.2) is 18.2 Å². The highest BCUT2D eigenvalue weighted by Crippen LogP contribution is 2.25. The van der Waals surface area contributed by atoms with Crippen LogP contribution in [0.4, 0.5) is 8.78 Å². The number of nitrogens with zero attached hydrogens (tertiary/aromatic N) is 2. The van der Waals surface area contributed by atoms with Crippen molar-refractivity contribution in [2.24, 2.45) is 0 Å². The molecule has 1 aromatic carbocycles. The Bertz CT molecular complexity index is 471. The lowest BCUT2D eigenvalue weighted by Gasteiger charge is -2.25. The van der Waals surface area contributed by atoms with E-state index in [9.17, 15) is 13.9 Å². The van der Waals surface area contributed by atoms with Crippen molar-refractivity contribution in [2.75, 3.05) is 32.7 Å². The standard InChI is InChI=1S/C16H22F2N2O/c17-13-4-3-5-14(18)16(13)15(21)11-19-9-6-12(10-19)20-7-1-2-8-20/h3-5,12,15,21H,1-2,6-11H2. The third kappa shape index (κ3) is 3.25. The number of halogens is 2. The van der Waals surface area contributed by atoms with Gasteiger partial charge in [-0.05, 0) is 51.0 Å². The number of hydrogen-bond donors (Lipinski definition) is 1. The van der Waals surface area contributed by atoms with Crippen molar-refractivity contribution in [3.8, 4) is 0 Å². The number of aliphatic hydroxyl groups excluding tert-OH is 1. The summed E-state index contributed by atoms with van der Waals surface area (Å²) in [4.78, 5) is 4.61. The highest BCUT2D eigenvalue weighted by atomic mass is 19.1. The average molecular weight is 296 g/mol. The van der Waals surface area contributed by atoms with E-state index in [0.717, 1.165) is 32.6 Å².